The summed E-state index contributed by atoms with van der Waals surface area (Å²) in [4.78, 5) is 6.46. The molecule has 0 radical (unpaired) electrons. The Labute approximate surface area is 151 Å². The van der Waals surface area contributed by atoms with Crippen molar-refractivity contribution in [2.45, 2.75) is 32.0 Å². The normalized spacial score (nSPS) is 15.0. The van der Waals surface area contributed by atoms with Gasteiger partial charge in [-0.15, -0.1) is 24.0 Å². The van der Waals surface area contributed by atoms with Crippen molar-refractivity contribution < 1.29 is 0 Å². The van der Waals surface area contributed by atoms with Gasteiger partial charge in [0.05, 0.1) is 0 Å². The molecule has 0 saturated carbocycles. The standard InChI is InChI=1S/C17H26N4.HI/c1-18-17(20-16-6-4-5-7-16)19-12-14-8-10-15(11-9-14)13-21(2)3;/h4-5,8-11,16H,6-7,12-13H2,1-3H3,(H2,18,19,20);1H. The third-order valence-electron chi connectivity index (χ3n) is 3.55. The smallest absolute Gasteiger partial charge is 0.191 e. The average molecular weight is 414 g/mol. The van der Waals surface area contributed by atoms with E-state index in [1.165, 1.54) is 11.1 Å². The number of hydrogen-bond acceptors (Lipinski definition) is 2. The van der Waals surface area contributed by atoms with Crippen molar-refractivity contribution in [1.82, 2.24) is 15.5 Å². The fourth-order valence-electron chi connectivity index (χ4n) is 2.44. The SMILES string of the molecule is CN=C(NCc1ccc(CN(C)C)cc1)NC1CC=CC1.I. The zero-order chi connectivity index (χ0) is 15.1. The maximum Gasteiger partial charge on any atom is 0.191 e. The molecule has 2 N–H and O–H groups in total. The quantitative estimate of drug-likeness (QED) is 0.337. The first-order valence-electron chi connectivity index (χ1n) is 7.52. The maximum atomic E-state index is 4.28. The molecule has 0 spiro atoms. The summed E-state index contributed by atoms with van der Waals surface area (Å²) in [6.07, 6.45) is 6.60. The minimum Gasteiger partial charge on any atom is -0.353 e. The van der Waals surface area contributed by atoms with Crippen LogP contribution in [0.3, 0.4) is 0 Å². The molecule has 0 amide bonds. The van der Waals surface area contributed by atoms with Crippen LogP contribution in [0.5, 0.6) is 0 Å². The van der Waals surface area contributed by atoms with Gasteiger partial charge in [0.15, 0.2) is 5.96 Å². The van der Waals surface area contributed by atoms with E-state index < -0.39 is 0 Å². The van der Waals surface area contributed by atoms with E-state index in [1.54, 1.807) is 0 Å². The molecule has 22 heavy (non-hydrogen) atoms. The summed E-state index contributed by atoms with van der Waals surface area (Å²) in [6, 6.07) is 9.22. The monoisotopic (exact) mass is 414 g/mol. The van der Waals surface area contributed by atoms with Gasteiger partial charge in [0.2, 0.25) is 0 Å². The molecule has 4 nitrogen and oxygen atoms in total. The lowest BCUT2D eigenvalue weighted by atomic mass is 10.1. The van der Waals surface area contributed by atoms with Gasteiger partial charge in [0.25, 0.3) is 0 Å². The molecule has 0 heterocycles. The average Bonchev–Trinajstić information content (AvgIpc) is 2.97. The summed E-state index contributed by atoms with van der Waals surface area (Å²) < 4.78 is 0. The van der Waals surface area contributed by atoms with Crippen LogP contribution in [0.15, 0.2) is 41.4 Å². The first-order chi connectivity index (χ1) is 10.2. The second-order valence-corrected chi connectivity index (χ2v) is 5.76. The van der Waals surface area contributed by atoms with E-state index in [1.807, 2.05) is 7.05 Å². The number of rotatable bonds is 5. The molecular weight excluding hydrogens is 387 g/mol. The summed E-state index contributed by atoms with van der Waals surface area (Å²) in [5.74, 6) is 0.876. The summed E-state index contributed by atoms with van der Waals surface area (Å²) >= 11 is 0. The molecule has 0 atom stereocenters. The van der Waals surface area contributed by atoms with Crippen molar-refractivity contribution in [3.63, 3.8) is 0 Å². The highest BCUT2D eigenvalue weighted by Crippen LogP contribution is 2.09. The van der Waals surface area contributed by atoms with Crippen LogP contribution in [0.4, 0.5) is 0 Å². The number of benzene rings is 1. The van der Waals surface area contributed by atoms with Crippen molar-refractivity contribution in [3.05, 3.63) is 47.5 Å². The van der Waals surface area contributed by atoms with Gasteiger partial charge in [0.1, 0.15) is 0 Å². The van der Waals surface area contributed by atoms with Crippen LogP contribution >= 0.6 is 24.0 Å². The molecule has 1 aliphatic rings. The number of nitrogens with zero attached hydrogens (tertiary/aromatic N) is 2. The van der Waals surface area contributed by atoms with Gasteiger partial charge in [-0.05, 0) is 38.1 Å². The van der Waals surface area contributed by atoms with Crippen LogP contribution in [-0.2, 0) is 13.1 Å². The van der Waals surface area contributed by atoms with Gasteiger partial charge >= 0.3 is 0 Å². The van der Waals surface area contributed by atoms with Crippen LogP contribution in [0, 0.1) is 0 Å². The largest absolute Gasteiger partial charge is 0.353 e. The Morgan fingerprint density at radius 2 is 1.73 bits per heavy atom. The molecule has 0 aromatic heterocycles. The van der Waals surface area contributed by atoms with Gasteiger partial charge in [-0.25, -0.2) is 0 Å². The van der Waals surface area contributed by atoms with Gasteiger partial charge in [-0.3, -0.25) is 4.99 Å². The van der Waals surface area contributed by atoms with Crippen molar-refractivity contribution >= 4 is 29.9 Å². The first kappa shape index (κ1) is 19.0. The molecule has 0 fully saturated rings. The molecular formula is C17H27IN4. The first-order valence-corrected chi connectivity index (χ1v) is 7.52. The third kappa shape index (κ3) is 6.36. The van der Waals surface area contributed by atoms with E-state index in [0.717, 1.165) is 31.9 Å². The molecule has 122 valence electrons. The fraction of sp³-hybridized carbons (Fsp3) is 0.471. The van der Waals surface area contributed by atoms with Crippen LogP contribution in [0.2, 0.25) is 0 Å². The lowest BCUT2D eigenvalue weighted by Gasteiger charge is -2.17. The second kappa shape index (κ2) is 9.84. The Morgan fingerprint density at radius 3 is 2.27 bits per heavy atom. The van der Waals surface area contributed by atoms with Crippen molar-refractivity contribution in [1.29, 1.82) is 0 Å². The van der Waals surface area contributed by atoms with Gasteiger partial charge in [0, 0.05) is 26.2 Å². The van der Waals surface area contributed by atoms with E-state index in [2.05, 4.69) is 71.0 Å². The predicted molar refractivity (Wildman–Crippen MR) is 105 cm³/mol. The maximum absolute atomic E-state index is 4.28. The van der Waals surface area contributed by atoms with E-state index in [-0.39, 0.29) is 24.0 Å². The Balaban J connectivity index is 0.00000242. The second-order valence-electron chi connectivity index (χ2n) is 5.76. The van der Waals surface area contributed by atoms with Gasteiger partial charge < -0.3 is 15.5 Å². The highest BCUT2D eigenvalue weighted by atomic mass is 127. The summed E-state index contributed by atoms with van der Waals surface area (Å²) in [5, 5.41) is 6.82. The Kier molecular flexibility index (Phi) is 8.48. The van der Waals surface area contributed by atoms with Crippen molar-refractivity contribution in [2.24, 2.45) is 4.99 Å². The van der Waals surface area contributed by atoms with Crippen LogP contribution in [-0.4, -0.2) is 38.0 Å². The molecule has 0 aliphatic heterocycles. The molecule has 0 bridgehead atoms. The lowest BCUT2D eigenvalue weighted by Crippen LogP contribution is -2.42. The number of nitrogens with one attached hydrogen (secondary N) is 2. The molecule has 1 aromatic carbocycles. The zero-order valence-corrected chi connectivity index (χ0v) is 16.0. The van der Waals surface area contributed by atoms with E-state index >= 15 is 0 Å². The fourth-order valence-corrected chi connectivity index (χ4v) is 2.44. The topological polar surface area (TPSA) is 39.7 Å². The number of aliphatic imine (C=N–C) groups is 1. The molecule has 0 unspecified atom stereocenters. The Morgan fingerprint density at radius 1 is 1.14 bits per heavy atom. The van der Waals surface area contributed by atoms with Crippen LogP contribution in [0.1, 0.15) is 24.0 Å². The molecule has 2 rings (SSSR count). The number of guanidine groups is 1. The van der Waals surface area contributed by atoms with E-state index in [9.17, 15) is 0 Å². The van der Waals surface area contributed by atoms with Crippen molar-refractivity contribution in [3.8, 4) is 0 Å². The lowest BCUT2D eigenvalue weighted by molar-refractivity contribution is 0.402. The highest BCUT2D eigenvalue weighted by Gasteiger charge is 2.11. The van der Waals surface area contributed by atoms with Gasteiger partial charge in [-0.2, -0.15) is 0 Å². The third-order valence-corrected chi connectivity index (χ3v) is 3.55. The van der Waals surface area contributed by atoms with E-state index in [0.29, 0.717) is 6.04 Å². The summed E-state index contributed by atoms with van der Waals surface area (Å²) in [7, 11) is 5.99. The zero-order valence-electron chi connectivity index (χ0n) is 13.7. The molecule has 1 aliphatic carbocycles. The minimum atomic E-state index is 0. The summed E-state index contributed by atoms with van der Waals surface area (Å²) in [6.45, 7) is 1.77. The van der Waals surface area contributed by atoms with E-state index in [4.69, 9.17) is 0 Å². The highest BCUT2D eigenvalue weighted by molar-refractivity contribution is 14.0. The Hall–Kier alpha value is -1.08. The molecule has 5 heteroatoms. The van der Waals surface area contributed by atoms with Crippen molar-refractivity contribution in [2.75, 3.05) is 21.1 Å². The minimum absolute atomic E-state index is 0. The van der Waals surface area contributed by atoms with Gasteiger partial charge in [-0.1, -0.05) is 36.4 Å². The van der Waals surface area contributed by atoms with Crippen LogP contribution < -0.4 is 10.6 Å². The molecule has 1 aromatic rings. The summed E-state index contributed by atoms with van der Waals surface area (Å²) in [5.41, 5.74) is 2.60. The molecule has 0 saturated heterocycles. The predicted octanol–water partition coefficient (Wildman–Crippen LogP) is 2.75. The van der Waals surface area contributed by atoms with Crippen LogP contribution in [0.25, 0.3) is 0 Å². The Bertz CT molecular complexity index is 486. The number of halogens is 1. The number of hydrogen-bond donors (Lipinski definition) is 2.